The molecule has 0 spiro atoms. The summed E-state index contributed by atoms with van der Waals surface area (Å²) in [6.07, 6.45) is 6.60. The summed E-state index contributed by atoms with van der Waals surface area (Å²) in [5.41, 5.74) is 2.60. The average Bonchev–Trinajstić information content (AvgIpc) is 2.56. The maximum atomic E-state index is 6.19. The predicted octanol–water partition coefficient (Wildman–Crippen LogP) is 5.84. The normalized spacial score (nSPS) is 15.5. The number of benzene rings is 2. The van der Waals surface area contributed by atoms with E-state index >= 15 is 0 Å². The maximum absolute atomic E-state index is 6.19. The Hall–Kier alpha value is -1.96. The molecule has 1 aliphatic rings. The third-order valence-corrected chi connectivity index (χ3v) is 4.50. The van der Waals surface area contributed by atoms with E-state index in [4.69, 9.17) is 9.47 Å². The highest BCUT2D eigenvalue weighted by molar-refractivity contribution is 5.43. The second kappa shape index (κ2) is 6.87. The Kier molecular flexibility index (Phi) is 4.67. The maximum Gasteiger partial charge on any atom is 0.131 e. The highest BCUT2D eigenvalue weighted by Crippen LogP contribution is 2.39. The molecule has 2 aromatic carbocycles. The van der Waals surface area contributed by atoms with Crippen LogP contribution in [0.4, 0.5) is 0 Å². The third-order valence-electron chi connectivity index (χ3n) is 4.50. The first-order chi connectivity index (χ1) is 10.8. The molecule has 2 heteroatoms. The molecule has 116 valence electrons. The van der Waals surface area contributed by atoms with E-state index in [1.807, 2.05) is 24.3 Å². The molecule has 0 saturated heterocycles. The van der Waals surface area contributed by atoms with Gasteiger partial charge in [-0.1, -0.05) is 31.4 Å². The second-order valence-corrected chi connectivity index (χ2v) is 6.15. The van der Waals surface area contributed by atoms with Crippen LogP contribution in [0, 0.1) is 6.92 Å². The van der Waals surface area contributed by atoms with Crippen LogP contribution < -0.4 is 9.47 Å². The SMILES string of the molecule is COc1ccc(Oc2cc(C)ccc2C2CCCCC2)cc1. The molecule has 0 bridgehead atoms. The Morgan fingerprint density at radius 2 is 1.55 bits per heavy atom. The van der Waals surface area contributed by atoms with Crippen molar-refractivity contribution in [1.29, 1.82) is 0 Å². The lowest BCUT2D eigenvalue weighted by Crippen LogP contribution is -2.06. The number of hydrogen-bond acceptors (Lipinski definition) is 2. The van der Waals surface area contributed by atoms with Gasteiger partial charge in [0.2, 0.25) is 0 Å². The summed E-state index contributed by atoms with van der Waals surface area (Å²) in [6, 6.07) is 14.4. The van der Waals surface area contributed by atoms with Crippen LogP contribution in [0.2, 0.25) is 0 Å². The van der Waals surface area contributed by atoms with Gasteiger partial charge < -0.3 is 9.47 Å². The molecule has 0 heterocycles. The fourth-order valence-corrected chi connectivity index (χ4v) is 3.25. The van der Waals surface area contributed by atoms with Gasteiger partial charge in [0.25, 0.3) is 0 Å². The second-order valence-electron chi connectivity index (χ2n) is 6.15. The van der Waals surface area contributed by atoms with Crippen molar-refractivity contribution in [2.24, 2.45) is 0 Å². The molecule has 2 nitrogen and oxygen atoms in total. The van der Waals surface area contributed by atoms with Crippen LogP contribution in [0.5, 0.6) is 17.2 Å². The standard InChI is InChI=1S/C20H24O2/c1-15-8-13-19(16-6-4-3-5-7-16)20(14-15)22-18-11-9-17(21-2)10-12-18/h8-14,16H,3-7H2,1-2H3. The van der Waals surface area contributed by atoms with Crippen LogP contribution in [-0.4, -0.2) is 7.11 Å². The Labute approximate surface area is 133 Å². The van der Waals surface area contributed by atoms with E-state index in [2.05, 4.69) is 25.1 Å². The fraction of sp³-hybridized carbons (Fsp3) is 0.400. The van der Waals surface area contributed by atoms with Gasteiger partial charge >= 0.3 is 0 Å². The lowest BCUT2D eigenvalue weighted by molar-refractivity contribution is 0.409. The average molecular weight is 296 g/mol. The van der Waals surface area contributed by atoms with Crippen molar-refractivity contribution in [2.45, 2.75) is 44.9 Å². The topological polar surface area (TPSA) is 18.5 Å². The van der Waals surface area contributed by atoms with E-state index in [1.165, 1.54) is 43.2 Å². The number of hydrogen-bond donors (Lipinski definition) is 0. The highest BCUT2D eigenvalue weighted by atomic mass is 16.5. The van der Waals surface area contributed by atoms with E-state index < -0.39 is 0 Å². The van der Waals surface area contributed by atoms with Crippen LogP contribution in [0.1, 0.15) is 49.1 Å². The van der Waals surface area contributed by atoms with E-state index in [9.17, 15) is 0 Å². The van der Waals surface area contributed by atoms with Crippen LogP contribution in [0.3, 0.4) is 0 Å². The molecule has 0 aromatic heterocycles. The molecule has 2 aromatic rings. The van der Waals surface area contributed by atoms with Gasteiger partial charge in [-0.2, -0.15) is 0 Å². The Morgan fingerprint density at radius 3 is 2.23 bits per heavy atom. The predicted molar refractivity (Wildman–Crippen MR) is 90.1 cm³/mol. The van der Waals surface area contributed by atoms with Crippen LogP contribution in [0.25, 0.3) is 0 Å². The lowest BCUT2D eigenvalue weighted by atomic mass is 9.83. The van der Waals surface area contributed by atoms with Gasteiger partial charge in [0.1, 0.15) is 17.2 Å². The molecule has 0 aliphatic heterocycles. The van der Waals surface area contributed by atoms with Gasteiger partial charge in [-0.05, 0) is 67.1 Å². The van der Waals surface area contributed by atoms with Crippen molar-refractivity contribution in [1.82, 2.24) is 0 Å². The van der Waals surface area contributed by atoms with Gasteiger partial charge in [0.15, 0.2) is 0 Å². The first kappa shape index (κ1) is 15.0. The monoisotopic (exact) mass is 296 g/mol. The molecular weight excluding hydrogens is 272 g/mol. The largest absolute Gasteiger partial charge is 0.497 e. The van der Waals surface area contributed by atoms with Gasteiger partial charge in [-0.25, -0.2) is 0 Å². The summed E-state index contributed by atoms with van der Waals surface area (Å²) in [5.74, 6) is 3.37. The van der Waals surface area contributed by atoms with Crippen molar-refractivity contribution in [3.8, 4) is 17.2 Å². The molecule has 1 fully saturated rings. The van der Waals surface area contributed by atoms with Crippen LogP contribution >= 0.6 is 0 Å². The molecule has 0 N–H and O–H groups in total. The zero-order valence-electron chi connectivity index (χ0n) is 13.5. The molecule has 1 aliphatic carbocycles. The number of ether oxygens (including phenoxy) is 2. The fourth-order valence-electron chi connectivity index (χ4n) is 3.25. The summed E-state index contributed by atoms with van der Waals surface area (Å²) in [7, 11) is 1.68. The van der Waals surface area contributed by atoms with Gasteiger partial charge in [-0.15, -0.1) is 0 Å². The summed E-state index contributed by atoms with van der Waals surface area (Å²) in [5, 5.41) is 0. The Balaban J connectivity index is 1.85. The van der Waals surface area contributed by atoms with Crippen molar-refractivity contribution in [2.75, 3.05) is 7.11 Å². The Morgan fingerprint density at radius 1 is 0.864 bits per heavy atom. The van der Waals surface area contributed by atoms with Crippen LogP contribution in [0.15, 0.2) is 42.5 Å². The van der Waals surface area contributed by atoms with E-state index in [-0.39, 0.29) is 0 Å². The molecule has 0 radical (unpaired) electrons. The minimum Gasteiger partial charge on any atom is -0.497 e. The number of rotatable bonds is 4. The number of aryl methyl sites for hydroxylation is 1. The summed E-state index contributed by atoms with van der Waals surface area (Å²) >= 11 is 0. The Bertz CT molecular complexity index is 610. The van der Waals surface area contributed by atoms with Gasteiger partial charge in [0.05, 0.1) is 7.11 Å². The van der Waals surface area contributed by atoms with Crippen molar-refractivity contribution < 1.29 is 9.47 Å². The molecule has 22 heavy (non-hydrogen) atoms. The van der Waals surface area contributed by atoms with E-state index in [1.54, 1.807) is 7.11 Å². The molecular formula is C20H24O2. The molecule has 3 rings (SSSR count). The molecule has 1 saturated carbocycles. The molecule has 0 unspecified atom stereocenters. The number of methoxy groups -OCH3 is 1. The first-order valence-corrected chi connectivity index (χ1v) is 8.19. The molecule has 0 amide bonds. The lowest BCUT2D eigenvalue weighted by Gasteiger charge is -2.24. The quantitative estimate of drug-likeness (QED) is 0.705. The van der Waals surface area contributed by atoms with E-state index in [0.29, 0.717) is 5.92 Å². The minimum absolute atomic E-state index is 0.641. The molecule has 0 atom stereocenters. The zero-order chi connectivity index (χ0) is 15.4. The van der Waals surface area contributed by atoms with Crippen molar-refractivity contribution in [3.63, 3.8) is 0 Å². The third kappa shape index (κ3) is 3.44. The van der Waals surface area contributed by atoms with Gasteiger partial charge in [-0.3, -0.25) is 0 Å². The minimum atomic E-state index is 0.641. The van der Waals surface area contributed by atoms with Crippen molar-refractivity contribution in [3.05, 3.63) is 53.6 Å². The van der Waals surface area contributed by atoms with E-state index in [0.717, 1.165) is 17.2 Å². The highest BCUT2D eigenvalue weighted by Gasteiger charge is 2.19. The smallest absolute Gasteiger partial charge is 0.131 e. The summed E-state index contributed by atoms with van der Waals surface area (Å²) in [6.45, 7) is 2.12. The summed E-state index contributed by atoms with van der Waals surface area (Å²) in [4.78, 5) is 0. The van der Waals surface area contributed by atoms with Crippen molar-refractivity contribution >= 4 is 0 Å². The summed E-state index contributed by atoms with van der Waals surface area (Å²) < 4.78 is 11.4. The van der Waals surface area contributed by atoms with Crippen LogP contribution in [-0.2, 0) is 0 Å². The first-order valence-electron chi connectivity index (χ1n) is 8.19. The zero-order valence-corrected chi connectivity index (χ0v) is 13.5. The van der Waals surface area contributed by atoms with Gasteiger partial charge in [0, 0.05) is 0 Å².